The highest BCUT2D eigenvalue weighted by molar-refractivity contribution is 6.29. The molecule has 0 unspecified atom stereocenters. The van der Waals surface area contributed by atoms with Crippen molar-refractivity contribution in [2.45, 2.75) is 6.42 Å². The van der Waals surface area contributed by atoms with E-state index in [0.717, 1.165) is 0 Å². The van der Waals surface area contributed by atoms with E-state index in [2.05, 4.69) is 9.97 Å². The Balaban J connectivity index is 2.79. The highest BCUT2D eigenvalue weighted by atomic mass is 35.5. The van der Waals surface area contributed by atoms with E-state index in [9.17, 15) is 0 Å². The summed E-state index contributed by atoms with van der Waals surface area (Å²) in [6.07, 6.45) is 0.429. The van der Waals surface area contributed by atoms with Crippen LogP contribution in [0.3, 0.4) is 0 Å². The molecule has 0 aromatic carbocycles. The number of nitrogens with two attached hydrogens (primary N) is 1. The van der Waals surface area contributed by atoms with Crippen LogP contribution in [-0.2, 0) is 0 Å². The van der Waals surface area contributed by atoms with Crippen LogP contribution in [0, 0.1) is 11.3 Å². The van der Waals surface area contributed by atoms with Gasteiger partial charge in [0.15, 0.2) is 0 Å². The average Bonchev–Trinajstić information content (AvgIpc) is 2.12. The molecule has 0 bridgehead atoms. The van der Waals surface area contributed by atoms with Crippen molar-refractivity contribution in [1.29, 1.82) is 5.26 Å². The number of hydrogen-bond donors (Lipinski definition) is 1. The molecule has 0 aliphatic carbocycles. The van der Waals surface area contributed by atoms with Crippen molar-refractivity contribution in [3.63, 3.8) is 0 Å². The maximum absolute atomic E-state index is 8.41. The normalized spacial score (nSPS) is 9.50. The van der Waals surface area contributed by atoms with Gasteiger partial charge in [-0.3, -0.25) is 0 Å². The van der Waals surface area contributed by atoms with Gasteiger partial charge in [-0.25, -0.2) is 4.98 Å². The topological polar surface area (TPSA) is 78.8 Å². The fraction of sp³-hybridized carbons (Fsp3) is 0.375. The van der Waals surface area contributed by atoms with E-state index in [1.165, 1.54) is 0 Å². The molecule has 0 saturated heterocycles. The van der Waals surface area contributed by atoms with Gasteiger partial charge < -0.3 is 10.6 Å². The van der Waals surface area contributed by atoms with Crippen molar-refractivity contribution in [2.75, 3.05) is 24.2 Å². The largest absolute Gasteiger partial charge is 0.368 e. The highest BCUT2D eigenvalue weighted by Crippen LogP contribution is 2.15. The predicted molar refractivity (Wildman–Crippen MR) is 55.0 cm³/mol. The van der Waals surface area contributed by atoms with Crippen LogP contribution in [0.2, 0.25) is 5.15 Å². The minimum atomic E-state index is 0.135. The maximum Gasteiger partial charge on any atom is 0.223 e. The Labute approximate surface area is 87.1 Å². The summed E-state index contributed by atoms with van der Waals surface area (Å²) in [7, 11) is 1.81. The van der Waals surface area contributed by atoms with Gasteiger partial charge in [0.2, 0.25) is 5.95 Å². The molecule has 0 fully saturated rings. The number of hydrogen-bond acceptors (Lipinski definition) is 5. The number of nitrogens with zero attached hydrogens (tertiary/aromatic N) is 4. The van der Waals surface area contributed by atoms with Crippen molar-refractivity contribution in [1.82, 2.24) is 9.97 Å². The van der Waals surface area contributed by atoms with Gasteiger partial charge in [-0.05, 0) is 0 Å². The Hall–Kier alpha value is -1.54. The summed E-state index contributed by atoms with van der Waals surface area (Å²) in [5.41, 5.74) is 5.43. The lowest BCUT2D eigenvalue weighted by Crippen LogP contribution is -2.20. The molecule has 6 heteroatoms. The van der Waals surface area contributed by atoms with E-state index in [-0.39, 0.29) is 5.95 Å². The first-order valence-corrected chi connectivity index (χ1v) is 4.39. The Bertz CT molecular complexity index is 339. The molecule has 0 atom stereocenters. The molecule has 0 spiro atoms. The maximum atomic E-state index is 8.41. The molecular formula is C8H10ClN5. The number of rotatable bonds is 3. The van der Waals surface area contributed by atoms with E-state index >= 15 is 0 Å². The second-order valence-corrected chi connectivity index (χ2v) is 3.12. The minimum absolute atomic E-state index is 0.135. The fourth-order valence-electron chi connectivity index (χ4n) is 0.951. The van der Waals surface area contributed by atoms with Crippen molar-refractivity contribution in [2.24, 2.45) is 0 Å². The third kappa shape index (κ3) is 2.75. The molecule has 14 heavy (non-hydrogen) atoms. The Kier molecular flexibility index (Phi) is 3.48. The SMILES string of the molecule is CN(CCC#N)c1cc(Cl)nc(N)n1. The summed E-state index contributed by atoms with van der Waals surface area (Å²) in [5, 5.41) is 8.71. The Morgan fingerprint density at radius 2 is 2.36 bits per heavy atom. The molecule has 0 aliphatic rings. The smallest absolute Gasteiger partial charge is 0.223 e. The number of nitrogen functional groups attached to an aromatic ring is 1. The van der Waals surface area contributed by atoms with Crippen LogP contribution < -0.4 is 10.6 Å². The lowest BCUT2D eigenvalue weighted by atomic mass is 10.4. The molecule has 0 saturated carbocycles. The number of aromatic nitrogens is 2. The van der Waals surface area contributed by atoms with Gasteiger partial charge in [0, 0.05) is 19.7 Å². The number of anilines is 2. The van der Waals surface area contributed by atoms with E-state index in [1.807, 2.05) is 13.1 Å². The van der Waals surface area contributed by atoms with Gasteiger partial charge in [-0.2, -0.15) is 10.2 Å². The zero-order chi connectivity index (χ0) is 10.6. The van der Waals surface area contributed by atoms with Crippen LogP contribution in [0.15, 0.2) is 6.07 Å². The zero-order valence-electron chi connectivity index (χ0n) is 7.74. The fourth-order valence-corrected chi connectivity index (χ4v) is 1.13. The molecule has 0 amide bonds. The highest BCUT2D eigenvalue weighted by Gasteiger charge is 2.05. The van der Waals surface area contributed by atoms with Gasteiger partial charge in [-0.15, -0.1) is 0 Å². The second-order valence-electron chi connectivity index (χ2n) is 2.74. The minimum Gasteiger partial charge on any atom is -0.368 e. The molecular weight excluding hydrogens is 202 g/mol. The van der Waals surface area contributed by atoms with Crippen LogP contribution in [0.5, 0.6) is 0 Å². The summed E-state index contributed by atoms with van der Waals surface area (Å²) in [4.78, 5) is 9.52. The van der Waals surface area contributed by atoms with E-state index in [4.69, 9.17) is 22.6 Å². The van der Waals surface area contributed by atoms with Gasteiger partial charge >= 0.3 is 0 Å². The van der Waals surface area contributed by atoms with Crippen LogP contribution in [-0.4, -0.2) is 23.6 Å². The average molecular weight is 212 g/mol. The number of halogens is 1. The molecule has 1 heterocycles. The van der Waals surface area contributed by atoms with Gasteiger partial charge in [0.05, 0.1) is 12.5 Å². The van der Waals surface area contributed by atoms with Crippen LogP contribution >= 0.6 is 11.6 Å². The van der Waals surface area contributed by atoms with E-state index in [0.29, 0.717) is 23.9 Å². The van der Waals surface area contributed by atoms with Crippen LogP contribution in [0.25, 0.3) is 0 Å². The summed E-state index contributed by atoms with van der Waals surface area (Å²) < 4.78 is 0. The summed E-state index contributed by atoms with van der Waals surface area (Å²) >= 11 is 5.71. The predicted octanol–water partition coefficient (Wildman–Crippen LogP) is 1.06. The summed E-state index contributed by atoms with van der Waals surface area (Å²) in [6.45, 7) is 0.587. The van der Waals surface area contributed by atoms with E-state index in [1.54, 1.807) is 11.0 Å². The molecule has 74 valence electrons. The zero-order valence-corrected chi connectivity index (χ0v) is 8.49. The first-order chi connectivity index (χ1) is 6.63. The third-order valence-electron chi connectivity index (χ3n) is 1.65. The van der Waals surface area contributed by atoms with Crippen molar-refractivity contribution in [3.05, 3.63) is 11.2 Å². The lowest BCUT2D eigenvalue weighted by molar-refractivity contribution is 0.881. The van der Waals surface area contributed by atoms with Crippen LogP contribution in [0.4, 0.5) is 11.8 Å². The molecule has 2 N–H and O–H groups in total. The third-order valence-corrected chi connectivity index (χ3v) is 1.84. The van der Waals surface area contributed by atoms with Crippen molar-refractivity contribution < 1.29 is 0 Å². The first kappa shape index (κ1) is 10.5. The summed E-state index contributed by atoms with van der Waals surface area (Å²) in [5.74, 6) is 0.758. The molecule has 0 radical (unpaired) electrons. The molecule has 1 aromatic heterocycles. The summed E-state index contributed by atoms with van der Waals surface area (Å²) in [6, 6.07) is 3.65. The molecule has 1 aromatic rings. The Morgan fingerprint density at radius 3 is 2.93 bits per heavy atom. The van der Waals surface area contributed by atoms with Gasteiger partial charge in [0.25, 0.3) is 0 Å². The second kappa shape index (κ2) is 4.63. The van der Waals surface area contributed by atoms with Crippen molar-refractivity contribution >= 4 is 23.4 Å². The standard InChI is InChI=1S/C8H10ClN5/c1-14(4-2-3-10)7-5-6(9)12-8(11)13-7/h5H,2,4H2,1H3,(H2,11,12,13). The van der Waals surface area contributed by atoms with Crippen LogP contribution in [0.1, 0.15) is 6.42 Å². The molecule has 1 rings (SSSR count). The lowest BCUT2D eigenvalue weighted by Gasteiger charge is -2.16. The monoisotopic (exact) mass is 211 g/mol. The van der Waals surface area contributed by atoms with Gasteiger partial charge in [0.1, 0.15) is 11.0 Å². The number of nitriles is 1. The van der Waals surface area contributed by atoms with Gasteiger partial charge in [-0.1, -0.05) is 11.6 Å². The molecule has 0 aliphatic heterocycles. The van der Waals surface area contributed by atoms with E-state index < -0.39 is 0 Å². The molecule has 5 nitrogen and oxygen atoms in total. The quantitative estimate of drug-likeness (QED) is 0.757. The Morgan fingerprint density at radius 1 is 1.64 bits per heavy atom. The van der Waals surface area contributed by atoms with Crippen molar-refractivity contribution in [3.8, 4) is 6.07 Å². The first-order valence-electron chi connectivity index (χ1n) is 4.01.